The maximum absolute atomic E-state index is 13.0. The lowest BCUT2D eigenvalue weighted by atomic mass is 10.1. The van der Waals surface area contributed by atoms with Gasteiger partial charge in [0.15, 0.2) is 0 Å². The van der Waals surface area contributed by atoms with Crippen LogP contribution >= 0.6 is 0 Å². The van der Waals surface area contributed by atoms with Gasteiger partial charge < -0.3 is 15.5 Å². The van der Waals surface area contributed by atoms with Crippen molar-refractivity contribution < 1.29 is 18.4 Å². The van der Waals surface area contributed by atoms with Crippen LogP contribution in [0.1, 0.15) is 27.4 Å². The summed E-state index contributed by atoms with van der Waals surface area (Å²) in [7, 11) is 0. The van der Waals surface area contributed by atoms with E-state index in [9.17, 15) is 14.0 Å². The van der Waals surface area contributed by atoms with Crippen LogP contribution in [0.5, 0.6) is 0 Å². The lowest BCUT2D eigenvalue weighted by Crippen LogP contribution is -2.25. The molecule has 3 N–H and O–H groups in total. The number of benzene rings is 2. The molecular weight excluding hydrogens is 349 g/mol. The Morgan fingerprint density at radius 2 is 1.93 bits per heavy atom. The molecule has 0 atom stereocenters. The van der Waals surface area contributed by atoms with E-state index in [1.54, 1.807) is 43.3 Å². The van der Waals surface area contributed by atoms with Crippen molar-refractivity contribution in [3.63, 3.8) is 0 Å². The van der Waals surface area contributed by atoms with E-state index in [4.69, 9.17) is 10.2 Å². The normalized spacial score (nSPS) is 10.6. The van der Waals surface area contributed by atoms with Gasteiger partial charge in [0, 0.05) is 17.7 Å². The van der Waals surface area contributed by atoms with Gasteiger partial charge in [-0.1, -0.05) is 12.1 Å². The number of nitrogens with zero attached hydrogens (tertiary/aromatic N) is 1. The molecule has 0 aliphatic carbocycles. The average Bonchev–Trinajstić information content (AvgIpc) is 3.01. The Balaban J connectivity index is 1.63. The first-order valence-corrected chi connectivity index (χ1v) is 8.30. The van der Waals surface area contributed by atoms with Crippen LogP contribution in [0.3, 0.4) is 0 Å². The Morgan fingerprint density at radius 1 is 1.19 bits per heavy atom. The zero-order valence-corrected chi connectivity index (χ0v) is 14.7. The van der Waals surface area contributed by atoms with Crippen molar-refractivity contribution >= 4 is 11.8 Å². The first-order valence-electron chi connectivity index (χ1n) is 8.30. The molecule has 0 fully saturated rings. The quantitative estimate of drug-likeness (QED) is 0.700. The Morgan fingerprint density at radius 3 is 2.63 bits per heavy atom. The van der Waals surface area contributed by atoms with Crippen molar-refractivity contribution in [1.29, 1.82) is 0 Å². The number of rotatable bonds is 6. The van der Waals surface area contributed by atoms with E-state index in [1.807, 2.05) is 0 Å². The molecule has 0 saturated heterocycles. The highest BCUT2D eigenvalue weighted by Gasteiger charge is 2.15. The molecular formula is C20H18FN3O3. The minimum Gasteiger partial charge on any atom is -0.441 e. The zero-order valence-electron chi connectivity index (χ0n) is 14.7. The number of nitrogens with two attached hydrogens (primary N) is 1. The van der Waals surface area contributed by atoms with E-state index in [-0.39, 0.29) is 24.7 Å². The number of aryl methyl sites for hydroxylation is 1. The predicted molar refractivity (Wildman–Crippen MR) is 97.1 cm³/mol. The van der Waals surface area contributed by atoms with E-state index in [0.29, 0.717) is 28.5 Å². The van der Waals surface area contributed by atoms with Crippen LogP contribution in [-0.4, -0.2) is 16.8 Å². The van der Waals surface area contributed by atoms with Crippen molar-refractivity contribution in [1.82, 2.24) is 10.3 Å². The average molecular weight is 367 g/mol. The molecule has 0 aliphatic heterocycles. The molecule has 7 heteroatoms. The predicted octanol–water partition coefficient (Wildman–Crippen LogP) is 2.75. The van der Waals surface area contributed by atoms with Gasteiger partial charge in [-0.15, -0.1) is 0 Å². The maximum atomic E-state index is 13.0. The van der Waals surface area contributed by atoms with Gasteiger partial charge in [-0.2, -0.15) is 0 Å². The molecule has 1 aromatic heterocycles. The van der Waals surface area contributed by atoms with Crippen LogP contribution in [-0.2, 0) is 17.8 Å². The number of nitrogens with one attached hydrogen (secondary N) is 1. The number of hydrogen-bond acceptors (Lipinski definition) is 4. The molecule has 0 unspecified atom stereocenters. The standard InChI is InChI=1S/C20H18FN3O3/c1-12-17(24-20(27-12)14-5-7-16(21)8-6-14)10-18(25)23-11-13-3-2-4-15(9-13)19(22)26/h2-9H,10-11H2,1H3,(H2,22,26)(H,23,25). The number of carbonyl (C=O) groups excluding carboxylic acids is 2. The van der Waals surface area contributed by atoms with Crippen molar-refractivity contribution in [2.24, 2.45) is 5.73 Å². The Hall–Kier alpha value is -3.48. The van der Waals surface area contributed by atoms with Gasteiger partial charge in [0.25, 0.3) is 0 Å². The number of carbonyl (C=O) groups is 2. The van der Waals surface area contributed by atoms with Gasteiger partial charge in [-0.3, -0.25) is 9.59 Å². The Labute approximate surface area is 155 Å². The van der Waals surface area contributed by atoms with Crippen molar-refractivity contribution in [2.45, 2.75) is 19.9 Å². The number of hydrogen-bond donors (Lipinski definition) is 2. The molecule has 0 spiro atoms. The zero-order chi connectivity index (χ0) is 19.4. The first kappa shape index (κ1) is 18.3. The van der Waals surface area contributed by atoms with Gasteiger partial charge in [0.05, 0.1) is 12.1 Å². The molecule has 27 heavy (non-hydrogen) atoms. The molecule has 2 aromatic carbocycles. The van der Waals surface area contributed by atoms with Gasteiger partial charge in [0.1, 0.15) is 11.6 Å². The molecule has 0 bridgehead atoms. The molecule has 2 amide bonds. The van der Waals surface area contributed by atoms with Crippen LogP contribution in [0.25, 0.3) is 11.5 Å². The largest absolute Gasteiger partial charge is 0.441 e. The van der Waals surface area contributed by atoms with E-state index >= 15 is 0 Å². The molecule has 0 aliphatic rings. The van der Waals surface area contributed by atoms with Crippen LogP contribution in [0.4, 0.5) is 4.39 Å². The van der Waals surface area contributed by atoms with Crippen LogP contribution in [0.15, 0.2) is 52.9 Å². The van der Waals surface area contributed by atoms with Crippen LogP contribution in [0.2, 0.25) is 0 Å². The van der Waals surface area contributed by atoms with E-state index in [1.165, 1.54) is 12.1 Å². The summed E-state index contributed by atoms with van der Waals surface area (Å²) in [6.07, 6.45) is 0.0477. The summed E-state index contributed by atoms with van der Waals surface area (Å²) in [5.41, 5.74) is 7.55. The number of amides is 2. The number of aromatic nitrogens is 1. The number of primary amides is 1. The summed E-state index contributed by atoms with van der Waals surface area (Å²) in [6.45, 7) is 1.99. The first-order chi connectivity index (χ1) is 12.9. The van der Waals surface area contributed by atoms with Crippen LogP contribution < -0.4 is 11.1 Å². The number of oxazole rings is 1. The third-order valence-electron chi connectivity index (χ3n) is 4.01. The number of halogens is 1. The smallest absolute Gasteiger partial charge is 0.248 e. The minimum atomic E-state index is -0.519. The fraction of sp³-hybridized carbons (Fsp3) is 0.150. The summed E-state index contributed by atoms with van der Waals surface area (Å²) >= 11 is 0. The Bertz CT molecular complexity index is 980. The van der Waals surface area contributed by atoms with Crippen molar-refractivity contribution in [3.05, 3.63) is 76.9 Å². The summed E-state index contributed by atoms with van der Waals surface area (Å²) in [4.78, 5) is 27.7. The molecule has 6 nitrogen and oxygen atoms in total. The SMILES string of the molecule is Cc1oc(-c2ccc(F)cc2)nc1CC(=O)NCc1cccc(C(N)=O)c1. The molecule has 3 aromatic rings. The van der Waals surface area contributed by atoms with Crippen LogP contribution in [0, 0.1) is 12.7 Å². The monoisotopic (exact) mass is 367 g/mol. The second-order valence-corrected chi connectivity index (χ2v) is 6.05. The van der Waals surface area contributed by atoms with Crippen molar-refractivity contribution in [3.8, 4) is 11.5 Å². The lowest BCUT2D eigenvalue weighted by molar-refractivity contribution is -0.120. The highest BCUT2D eigenvalue weighted by atomic mass is 19.1. The maximum Gasteiger partial charge on any atom is 0.248 e. The molecule has 1 heterocycles. The molecule has 138 valence electrons. The van der Waals surface area contributed by atoms with E-state index in [0.717, 1.165) is 5.56 Å². The third kappa shape index (κ3) is 4.58. The summed E-state index contributed by atoms with van der Waals surface area (Å²) in [6, 6.07) is 12.5. The molecule has 0 radical (unpaired) electrons. The second-order valence-electron chi connectivity index (χ2n) is 6.05. The van der Waals surface area contributed by atoms with Crippen molar-refractivity contribution in [2.75, 3.05) is 0 Å². The Kier molecular flexibility index (Phi) is 5.30. The summed E-state index contributed by atoms with van der Waals surface area (Å²) in [5.74, 6) is -0.233. The topological polar surface area (TPSA) is 98.2 Å². The summed E-state index contributed by atoms with van der Waals surface area (Å²) in [5, 5.41) is 2.77. The van der Waals surface area contributed by atoms with Gasteiger partial charge in [0.2, 0.25) is 17.7 Å². The highest BCUT2D eigenvalue weighted by molar-refractivity contribution is 5.92. The van der Waals surface area contributed by atoms with Gasteiger partial charge >= 0.3 is 0 Å². The van der Waals surface area contributed by atoms with Gasteiger partial charge in [-0.25, -0.2) is 9.37 Å². The van der Waals surface area contributed by atoms with E-state index in [2.05, 4.69) is 10.3 Å². The second kappa shape index (κ2) is 7.82. The molecule has 3 rings (SSSR count). The highest BCUT2D eigenvalue weighted by Crippen LogP contribution is 2.22. The van der Waals surface area contributed by atoms with Gasteiger partial charge in [-0.05, 0) is 48.9 Å². The summed E-state index contributed by atoms with van der Waals surface area (Å²) < 4.78 is 18.6. The fourth-order valence-electron chi connectivity index (χ4n) is 2.56. The third-order valence-corrected chi connectivity index (χ3v) is 4.01. The lowest BCUT2D eigenvalue weighted by Gasteiger charge is -2.05. The van der Waals surface area contributed by atoms with E-state index < -0.39 is 5.91 Å². The molecule has 0 saturated carbocycles. The minimum absolute atomic E-state index is 0.0477. The fourth-order valence-corrected chi connectivity index (χ4v) is 2.56.